The number of Topliss-reactive ketones (excluding diaryl/α,β-unsaturated/α-hetero) is 1. The number of pyridine rings is 1. The molecule has 1 aliphatic heterocycles. The number of benzene rings is 1. The number of rotatable bonds is 4. The maximum absolute atomic E-state index is 12.8. The molecule has 1 aliphatic carbocycles. The van der Waals surface area contributed by atoms with Gasteiger partial charge in [0.1, 0.15) is 5.78 Å². The van der Waals surface area contributed by atoms with Gasteiger partial charge in [-0.15, -0.1) is 0 Å². The number of alkyl halides is 3. The molecule has 3 unspecified atom stereocenters. The van der Waals surface area contributed by atoms with Crippen LogP contribution in [0.1, 0.15) is 48.8 Å². The Hall–Kier alpha value is -2.21. The minimum atomic E-state index is -4.33. The maximum Gasteiger partial charge on any atom is 0.416 e. The molecule has 0 radical (unpaired) electrons. The number of carbonyl (C=O) groups is 1. The van der Waals surface area contributed by atoms with Crippen molar-refractivity contribution < 1.29 is 18.0 Å². The molecule has 0 bridgehead atoms. The first-order valence-corrected chi connectivity index (χ1v) is 9.24. The number of nitrogens with one attached hydrogen (secondary N) is 1. The Balaban J connectivity index is 1.64. The van der Waals surface area contributed by atoms with Gasteiger partial charge in [-0.3, -0.25) is 9.78 Å². The molecule has 1 aromatic carbocycles. The zero-order valence-corrected chi connectivity index (χ0v) is 15.0. The van der Waals surface area contributed by atoms with E-state index in [-0.39, 0.29) is 17.9 Å². The molecule has 2 aromatic rings. The van der Waals surface area contributed by atoms with E-state index in [1.165, 1.54) is 23.3 Å². The molecule has 0 amide bonds. The third-order valence-electron chi connectivity index (χ3n) is 5.63. The van der Waals surface area contributed by atoms with Crippen LogP contribution < -0.4 is 5.32 Å². The van der Waals surface area contributed by atoms with Crippen molar-refractivity contribution in [2.24, 2.45) is 0 Å². The lowest BCUT2D eigenvalue weighted by Gasteiger charge is -2.27. The van der Waals surface area contributed by atoms with E-state index in [1.807, 2.05) is 6.20 Å². The van der Waals surface area contributed by atoms with E-state index in [2.05, 4.69) is 10.3 Å². The number of fused-ring (bicyclic) bond motifs is 1. The Labute approximate surface area is 156 Å². The summed E-state index contributed by atoms with van der Waals surface area (Å²) in [5, 5.41) is 3.42. The topological polar surface area (TPSA) is 51.9 Å². The van der Waals surface area contributed by atoms with Crippen molar-refractivity contribution in [2.75, 3.05) is 0 Å². The number of halogens is 3. The van der Waals surface area contributed by atoms with Crippen molar-refractivity contribution in [3.05, 3.63) is 53.3 Å². The van der Waals surface area contributed by atoms with Gasteiger partial charge in [-0.05, 0) is 55.0 Å². The Morgan fingerprint density at radius 1 is 1.22 bits per heavy atom. The van der Waals surface area contributed by atoms with Crippen molar-refractivity contribution >= 4 is 5.78 Å². The number of carbonyl (C=O) groups excluding carboxylic acids is 1. The third-order valence-corrected chi connectivity index (χ3v) is 5.63. The summed E-state index contributed by atoms with van der Waals surface area (Å²) < 4.78 is 38.5. The van der Waals surface area contributed by atoms with Gasteiger partial charge >= 0.3 is 6.18 Å². The van der Waals surface area contributed by atoms with Crippen LogP contribution in [0.4, 0.5) is 13.2 Å². The molecule has 6 heteroatoms. The van der Waals surface area contributed by atoms with Crippen molar-refractivity contribution in [1.29, 1.82) is 0 Å². The van der Waals surface area contributed by atoms with Gasteiger partial charge in [0.05, 0.1) is 5.56 Å². The van der Waals surface area contributed by atoms with Gasteiger partial charge in [0.25, 0.3) is 0 Å². The SMILES string of the molecule is CC(=O)CC1NC1C1CCCc2c(-c3ccc(C(F)(F)F)cc3)cncc21. The summed E-state index contributed by atoms with van der Waals surface area (Å²) in [6, 6.07) is 5.82. The summed E-state index contributed by atoms with van der Waals surface area (Å²) in [4.78, 5) is 15.7. The van der Waals surface area contributed by atoms with E-state index in [0.717, 1.165) is 42.5 Å². The van der Waals surface area contributed by atoms with Crippen molar-refractivity contribution in [3.63, 3.8) is 0 Å². The molecule has 0 saturated carbocycles. The van der Waals surface area contributed by atoms with E-state index in [9.17, 15) is 18.0 Å². The second-order valence-corrected chi connectivity index (χ2v) is 7.53. The molecule has 3 atom stereocenters. The molecule has 2 aliphatic rings. The van der Waals surface area contributed by atoms with Gasteiger partial charge in [-0.1, -0.05) is 12.1 Å². The van der Waals surface area contributed by atoms with Gasteiger partial charge < -0.3 is 5.32 Å². The molecule has 3 nitrogen and oxygen atoms in total. The van der Waals surface area contributed by atoms with E-state index >= 15 is 0 Å². The summed E-state index contributed by atoms with van der Waals surface area (Å²) in [5.41, 5.74) is 3.38. The first-order chi connectivity index (χ1) is 12.8. The van der Waals surface area contributed by atoms with Crippen LogP contribution in [0, 0.1) is 0 Å². The zero-order valence-electron chi connectivity index (χ0n) is 15.0. The van der Waals surface area contributed by atoms with Crippen LogP contribution in [-0.2, 0) is 17.4 Å². The summed E-state index contributed by atoms with van der Waals surface area (Å²) in [6.45, 7) is 1.61. The quantitative estimate of drug-likeness (QED) is 0.802. The second kappa shape index (κ2) is 6.75. The van der Waals surface area contributed by atoms with Crippen LogP contribution in [0.25, 0.3) is 11.1 Å². The highest BCUT2D eigenvalue weighted by molar-refractivity contribution is 5.77. The highest BCUT2D eigenvalue weighted by atomic mass is 19.4. The Morgan fingerprint density at radius 2 is 1.96 bits per heavy atom. The van der Waals surface area contributed by atoms with E-state index < -0.39 is 11.7 Å². The highest BCUT2D eigenvalue weighted by Crippen LogP contribution is 2.43. The van der Waals surface area contributed by atoms with Crippen LogP contribution in [-0.4, -0.2) is 22.9 Å². The molecule has 142 valence electrons. The van der Waals surface area contributed by atoms with Gasteiger partial charge in [-0.2, -0.15) is 13.2 Å². The molecule has 4 rings (SSSR count). The molecular weight excluding hydrogens is 353 g/mol. The highest BCUT2D eigenvalue weighted by Gasteiger charge is 2.44. The maximum atomic E-state index is 12.8. The normalized spacial score (nSPS) is 24.4. The monoisotopic (exact) mass is 374 g/mol. The Kier molecular flexibility index (Phi) is 4.54. The fourth-order valence-electron chi connectivity index (χ4n) is 4.30. The molecule has 0 spiro atoms. The molecule has 1 saturated heterocycles. The number of hydrogen-bond donors (Lipinski definition) is 1. The number of hydrogen-bond acceptors (Lipinski definition) is 3. The molecule has 1 aromatic heterocycles. The Morgan fingerprint density at radius 3 is 2.63 bits per heavy atom. The largest absolute Gasteiger partial charge is 0.416 e. The molecular formula is C21H21F3N2O. The lowest BCUT2D eigenvalue weighted by atomic mass is 9.78. The average molecular weight is 374 g/mol. The average Bonchev–Trinajstić information content (AvgIpc) is 3.38. The second-order valence-electron chi connectivity index (χ2n) is 7.53. The minimum absolute atomic E-state index is 0.183. The zero-order chi connectivity index (χ0) is 19.2. The standard InChI is InChI=1S/C21H21F3N2O/c1-12(27)9-19-20(26-19)16-4-2-3-15-17(10-25-11-18(15)16)13-5-7-14(8-6-13)21(22,23)24/h5-8,10-11,16,19-20,26H,2-4,9H2,1H3. The summed E-state index contributed by atoms with van der Waals surface area (Å²) in [5.74, 6) is 0.489. The van der Waals surface area contributed by atoms with Crippen molar-refractivity contribution in [1.82, 2.24) is 10.3 Å². The van der Waals surface area contributed by atoms with Crippen LogP contribution >= 0.6 is 0 Å². The Bertz CT molecular complexity index is 861. The predicted molar refractivity (Wildman–Crippen MR) is 96.4 cm³/mol. The summed E-state index contributed by atoms with van der Waals surface area (Å²) in [6.07, 6.45) is 2.81. The molecule has 1 fully saturated rings. The van der Waals surface area contributed by atoms with Gasteiger partial charge in [0, 0.05) is 42.4 Å². The molecule has 1 N–H and O–H groups in total. The predicted octanol–water partition coefficient (Wildman–Crippen LogP) is 4.51. The van der Waals surface area contributed by atoms with E-state index in [4.69, 9.17) is 0 Å². The van der Waals surface area contributed by atoms with Gasteiger partial charge in [-0.25, -0.2) is 0 Å². The molecule has 27 heavy (non-hydrogen) atoms. The van der Waals surface area contributed by atoms with Crippen LogP contribution in [0.3, 0.4) is 0 Å². The van der Waals surface area contributed by atoms with Crippen molar-refractivity contribution in [2.45, 2.75) is 56.8 Å². The van der Waals surface area contributed by atoms with Crippen LogP contribution in [0.15, 0.2) is 36.7 Å². The lowest BCUT2D eigenvalue weighted by molar-refractivity contribution is -0.137. The molecule has 2 heterocycles. The van der Waals surface area contributed by atoms with E-state index in [0.29, 0.717) is 12.3 Å². The minimum Gasteiger partial charge on any atom is -0.307 e. The fourth-order valence-corrected chi connectivity index (χ4v) is 4.30. The third kappa shape index (κ3) is 3.63. The number of ketones is 1. The summed E-state index contributed by atoms with van der Waals surface area (Å²) >= 11 is 0. The van der Waals surface area contributed by atoms with Gasteiger partial charge in [0.15, 0.2) is 0 Å². The number of aromatic nitrogens is 1. The first-order valence-electron chi connectivity index (χ1n) is 9.24. The summed E-state index contributed by atoms with van der Waals surface area (Å²) in [7, 11) is 0. The van der Waals surface area contributed by atoms with Crippen LogP contribution in [0.2, 0.25) is 0 Å². The van der Waals surface area contributed by atoms with Crippen LogP contribution in [0.5, 0.6) is 0 Å². The first kappa shape index (κ1) is 18.2. The fraction of sp³-hybridized carbons (Fsp3) is 0.429. The smallest absolute Gasteiger partial charge is 0.307 e. The van der Waals surface area contributed by atoms with E-state index in [1.54, 1.807) is 13.1 Å². The van der Waals surface area contributed by atoms with Gasteiger partial charge in [0.2, 0.25) is 0 Å². The lowest BCUT2D eigenvalue weighted by Crippen LogP contribution is -2.18. The van der Waals surface area contributed by atoms with Crippen molar-refractivity contribution in [3.8, 4) is 11.1 Å². The number of nitrogens with zero attached hydrogens (tertiary/aromatic N) is 1.